The van der Waals surface area contributed by atoms with Crippen molar-refractivity contribution in [1.82, 2.24) is 5.32 Å². The van der Waals surface area contributed by atoms with Crippen LogP contribution in [0, 0.1) is 5.82 Å². The van der Waals surface area contributed by atoms with Gasteiger partial charge in [0.25, 0.3) is 0 Å². The largest absolute Gasteiger partial charge is 0.419 e. The second-order valence-electron chi connectivity index (χ2n) is 4.37. The smallest absolute Gasteiger partial charge is 0.314 e. The standard InChI is InChI=1S/C13H17F4N/c1-4-18-9(3)8(2)10-5-6-11(12(14)7-10)13(15,16)17/h5-9,18H,4H2,1-3H3. The molecule has 0 aliphatic carbocycles. The van der Waals surface area contributed by atoms with Crippen LogP contribution in [0.2, 0.25) is 0 Å². The highest BCUT2D eigenvalue weighted by Crippen LogP contribution is 2.33. The molecule has 0 spiro atoms. The van der Waals surface area contributed by atoms with Crippen LogP contribution in [0.3, 0.4) is 0 Å². The van der Waals surface area contributed by atoms with Crippen molar-refractivity contribution in [2.24, 2.45) is 0 Å². The summed E-state index contributed by atoms with van der Waals surface area (Å²) in [6, 6.07) is 3.19. The SMILES string of the molecule is CCNC(C)C(C)c1ccc(C(F)(F)F)c(F)c1. The van der Waals surface area contributed by atoms with Gasteiger partial charge in [0.15, 0.2) is 0 Å². The first kappa shape index (κ1) is 15.0. The van der Waals surface area contributed by atoms with Gasteiger partial charge < -0.3 is 5.32 Å². The molecular weight excluding hydrogens is 246 g/mol. The topological polar surface area (TPSA) is 12.0 Å². The Morgan fingerprint density at radius 2 is 1.83 bits per heavy atom. The number of hydrogen-bond acceptors (Lipinski definition) is 1. The number of likely N-dealkylation sites (N-methyl/N-ethyl adjacent to an activating group) is 1. The minimum absolute atomic E-state index is 0.0540. The molecule has 1 N–H and O–H groups in total. The Morgan fingerprint density at radius 3 is 2.28 bits per heavy atom. The lowest BCUT2D eigenvalue weighted by molar-refractivity contribution is -0.140. The zero-order valence-electron chi connectivity index (χ0n) is 10.6. The molecule has 0 saturated heterocycles. The number of benzene rings is 1. The monoisotopic (exact) mass is 263 g/mol. The van der Waals surface area contributed by atoms with Crippen molar-refractivity contribution < 1.29 is 17.6 Å². The highest BCUT2D eigenvalue weighted by atomic mass is 19.4. The molecule has 2 atom stereocenters. The zero-order valence-corrected chi connectivity index (χ0v) is 10.6. The number of nitrogens with one attached hydrogen (secondary N) is 1. The molecule has 0 bridgehead atoms. The molecule has 0 radical (unpaired) electrons. The molecule has 0 aromatic heterocycles. The highest BCUT2D eigenvalue weighted by molar-refractivity contribution is 5.29. The summed E-state index contributed by atoms with van der Waals surface area (Å²) in [6.45, 7) is 6.48. The first-order valence-electron chi connectivity index (χ1n) is 5.87. The molecule has 1 nitrogen and oxygen atoms in total. The zero-order chi connectivity index (χ0) is 13.9. The second kappa shape index (κ2) is 5.69. The molecule has 0 amide bonds. The summed E-state index contributed by atoms with van der Waals surface area (Å²) in [4.78, 5) is 0. The van der Waals surface area contributed by atoms with Crippen LogP contribution in [-0.4, -0.2) is 12.6 Å². The quantitative estimate of drug-likeness (QED) is 0.811. The first-order valence-corrected chi connectivity index (χ1v) is 5.87. The molecule has 0 heterocycles. The minimum atomic E-state index is -4.64. The molecule has 2 unspecified atom stereocenters. The third-order valence-electron chi connectivity index (χ3n) is 3.10. The predicted molar refractivity (Wildman–Crippen MR) is 63.0 cm³/mol. The average Bonchev–Trinajstić information content (AvgIpc) is 2.26. The maximum atomic E-state index is 13.4. The van der Waals surface area contributed by atoms with Gasteiger partial charge in [0, 0.05) is 6.04 Å². The van der Waals surface area contributed by atoms with Crippen LogP contribution in [0.25, 0.3) is 0 Å². The number of hydrogen-bond donors (Lipinski definition) is 1. The van der Waals surface area contributed by atoms with Gasteiger partial charge in [0.1, 0.15) is 5.82 Å². The molecular formula is C13H17F4N. The maximum Gasteiger partial charge on any atom is 0.419 e. The van der Waals surface area contributed by atoms with E-state index in [1.54, 1.807) is 0 Å². The molecule has 1 rings (SSSR count). The minimum Gasteiger partial charge on any atom is -0.314 e. The van der Waals surface area contributed by atoms with Gasteiger partial charge in [-0.05, 0) is 37.1 Å². The van der Waals surface area contributed by atoms with Crippen LogP contribution < -0.4 is 5.32 Å². The van der Waals surface area contributed by atoms with Gasteiger partial charge in [0.2, 0.25) is 0 Å². The van der Waals surface area contributed by atoms with Gasteiger partial charge in [-0.15, -0.1) is 0 Å². The van der Waals surface area contributed by atoms with Crippen molar-refractivity contribution in [2.45, 2.75) is 38.9 Å². The van der Waals surface area contributed by atoms with E-state index in [9.17, 15) is 17.6 Å². The van der Waals surface area contributed by atoms with Crippen LogP contribution in [0.5, 0.6) is 0 Å². The van der Waals surface area contributed by atoms with E-state index in [1.165, 1.54) is 6.07 Å². The molecule has 0 saturated carbocycles. The van der Waals surface area contributed by atoms with Crippen molar-refractivity contribution in [1.29, 1.82) is 0 Å². The van der Waals surface area contributed by atoms with Gasteiger partial charge in [-0.25, -0.2) is 4.39 Å². The third kappa shape index (κ3) is 3.45. The molecule has 1 aromatic rings. The summed E-state index contributed by atoms with van der Waals surface area (Å²) in [7, 11) is 0. The van der Waals surface area contributed by atoms with E-state index in [0.717, 1.165) is 18.7 Å². The van der Waals surface area contributed by atoms with Crippen molar-refractivity contribution in [2.75, 3.05) is 6.54 Å². The number of rotatable bonds is 4. The van der Waals surface area contributed by atoms with Gasteiger partial charge >= 0.3 is 6.18 Å². The second-order valence-corrected chi connectivity index (χ2v) is 4.37. The molecule has 5 heteroatoms. The van der Waals surface area contributed by atoms with Crippen molar-refractivity contribution >= 4 is 0 Å². The predicted octanol–water partition coefficient (Wildman–Crippen LogP) is 3.95. The number of alkyl halides is 3. The molecule has 0 fully saturated rings. The van der Waals surface area contributed by atoms with Crippen molar-refractivity contribution in [3.05, 3.63) is 35.1 Å². The Balaban J connectivity index is 2.97. The van der Waals surface area contributed by atoms with Crippen LogP contribution in [0.4, 0.5) is 17.6 Å². The molecule has 1 aromatic carbocycles. The summed E-state index contributed by atoms with van der Waals surface area (Å²) in [5.41, 5.74) is -0.650. The van der Waals surface area contributed by atoms with Crippen LogP contribution in [-0.2, 0) is 6.18 Å². The van der Waals surface area contributed by atoms with E-state index in [4.69, 9.17) is 0 Å². The summed E-state index contributed by atoms with van der Waals surface area (Å²) >= 11 is 0. The summed E-state index contributed by atoms with van der Waals surface area (Å²) in [5.74, 6) is -1.27. The van der Waals surface area contributed by atoms with E-state index >= 15 is 0 Å². The van der Waals surface area contributed by atoms with E-state index in [0.29, 0.717) is 5.56 Å². The lowest BCUT2D eigenvalue weighted by Gasteiger charge is -2.21. The van der Waals surface area contributed by atoms with Crippen LogP contribution in [0.1, 0.15) is 37.8 Å². The fourth-order valence-electron chi connectivity index (χ4n) is 1.83. The Labute approximate surface area is 104 Å². The average molecular weight is 263 g/mol. The Morgan fingerprint density at radius 1 is 1.22 bits per heavy atom. The number of halogens is 4. The summed E-state index contributed by atoms with van der Waals surface area (Å²) < 4.78 is 50.6. The van der Waals surface area contributed by atoms with Gasteiger partial charge in [0.05, 0.1) is 5.56 Å². The fraction of sp³-hybridized carbons (Fsp3) is 0.538. The molecule has 0 aliphatic rings. The van der Waals surface area contributed by atoms with Crippen LogP contribution >= 0.6 is 0 Å². The third-order valence-corrected chi connectivity index (χ3v) is 3.10. The van der Waals surface area contributed by atoms with E-state index in [2.05, 4.69) is 5.32 Å². The van der Waals surface area contributed by atoms with Gasteiger partial charge in [-0.2, -0.15) is 13.2 Å². The van der Waals surface area contributed by atoms with Gasteiger partial charge in [-0.1, -0.05) is 19.9 Å². The van der Waals surface area contributed by atoms with E-state index in [-0.39, 0.29) is 12.0 Å². The summed E-state index contributed by atoms with van der Waals surface area (Å²) in [5, 5.41) is 3.16. The normalized spacial score (nSPS) is 15.5. The lowest BCUT2D eigenvalue weighted by atomic mass is 9.93. The van der Waals surface area contributed by atoms with Gasteiger partial charge in [-0.3, -0.25) is 0 Å². The lowest BCUT2D eigenvalue weighted by Crippen LogP contribution is -2.30. The molecule has 18 heavy (non-hydrogen) atoms. The van der Waals surface area contributed by atoms with Crippen molar-refractivity contribution in [3.8, 4) is 0 Å². The Kier molecular flexibility index (Phi) is 4.73. The highest BCUT2D eigenvalue weighted by Gasteiger charge is 2.34. The van der Waals surface area contributed by atoms with E-state index in [1.807, 2.05) is 20.8 Å². The molecule has 102 valence electrons. The molecule has 0 aliphatic heterocycles. The Hall–Kier alpha value is -1.10. The van der Waals surface area contributed by atoms with E-state index < -0.39 is 17.6 Å². The maximum absolute atomic E-state index is 13.4. The first-order chi connectivity index (χ1) is 8.27. The van der Waals surface area contributed by atoms with Crippen molar-refractivity contribution in [3.63, 3.8) is 0 Å². The fourth-order valence-corrected chi connectivity index (χ4v) is 1.83. The van der Waals surface area contributed by atoms with Crippen LogP contribution in [0.15, 0.2) is 18.2 Å². The Bertz CT molecular complexity index is 400. The summed E-state index contributed by atoms with van der Waals surface area (Å²) in [6.07, 6.45) is -4.64.